The minimum atomic E-state index is -0.976. The number of carbonyl (C=O) groups excluding carboxylic acids is 1. The molecule has 0 saturated carbocycles. The van der Waals surface area contributed by atoms with E-state index in [1.54, 1.807) is 13.2 Å². The maximum Gasteiger partial charge on any atom is 0.325 e. The molecule has 18 heavy (non-hydrogen) atoms. The number of carbonyl (C=O) groups is 2. The first kappa shape index (κ1) is 14.2. The van der Waals surface area contributed by atoms with Crippen LogP contribution in [0.2, 0.25) is 0 Å². The summed E-state index contributed by atoms with van der Waals surface area (Å²) >= 11 is 0. The van der Waals surface area contributed by atoms with Crippen LogP contribution in [-0.2, 0) is 20.9 Å². The Morgan fingerprint density at radius 2 is 2.28 bits per heavy atom. The Morgan fingerprint density at radius 3 is 2.94 bits per heavy atom. The lowest BCUT2D eigenvalue weighted by Crippen LogP contribution is -2.13. The third-order valence-corrected chi connectivity index (χ3v) is 2.21. The molecule has 0 atom stereocenters. The second-order valence-electron chi connectivity index (χ2n) is 3.79. The summed E-state index contributed by atoms with van der Waals surface area (Å²) in [6.45, 7) is 0.421. The summed E-state index contributed by atoms with van der Waals surface area (Å²) in [5, 5.41) is 15.1. The molecule has 0 saturated heterocycles. The second-order valence-corrected chi connectivity index (χ2v) is 3.79. The van der Waals surface area contributed by atoms with Crippen molar-refractivity contribution in [3.05, 3.63) is 12.3 Å². The number of anilines is 1. The fourth-order valence-electron chi connectivity index (χ4n) is 1.39. The zero-order valence-electron chi connectivity index (χ0n) is 10.3. The Labute approximate surface area is 105 Å². The van der Waals surface area contributed by atoms with Crippen LogP contribution in [0.25, 0.3) is 0 Å². The van der Waals surface area contributed by atoms with Gasteiger partial charge >= 0.3 is 5.97 Å². The topological polar surface area (TPSA) is 93.5 Å². The van der Waals surface area contributed by atoms with Crippen molar-refractivity contribution in [3.63, 3.8) is 0 Å². The van der Waals surface area contributed by atoms with Crippen LogP contribution in [0.15, 0.2) is 12.3 Å². The number of carboxylic acids is 1. The van der Waals surface area contributed by atoms with E-state index in [0.29, 0.717) is 18.8 Å². The summed E-state index contributed by atoms with van der Waals surface area (Å²) in [5.41, 5.74) is 0. The predicted molar refractivity (Wildman–Crippen MR) is 64.2 cm³/mol. The van der Waals surface area contributed by atoms with Gasteiger partial charge in [0.1, 0.15) is 6.54 Å². The van der Waals surface area contributed by atoms with Crippen molar-refractivity contribution in [2.24, 2.45) is 0 Å². The van der Waals surface area contributed by atoms with Crippen molar-refractivity contribution in [1.29, 1.82) is 0 Å². The molecule has 1 amide bonds. The number of methoxy groups -OCH3 is 1. The van der Waals surface area contributed by atoms with E-state index in [9.17, 15) is 9.59 Å². The zero-order chi connectivity index (χ0) is 13.4. The Morgan fingerprint density at radius 1 is 1.50 bits per heavy atom. The number of hydrogen-bond donors (Lipinski definition) is 2. The molecule has 0 aromatic carbocycles. The molecule has 0 aliphatic rings. The first-order valence-electron chi connectivity index (χ1n) is 5.66. The van der Waals surface area contributed by atoms with Gasteiger partial charge in [-0.05, 0) is 12.8 Å². The summed E-state index contributed by atoms with van der Waals surface area (Å²) in [5.74, 6) is -0.741. The number of hydrogen-bond acceptors (Lipinski definition) is 4. The molecule has 0 unspecified atom stereocenters. The zero-order valence-corrected chi connectivity index (χ0v) is 10.3. The fraction of sp³-hybridized carbons (Fsp3) is 0.545. The van der Waals surface area contributed by atoms with Gasteiger partial charge < -0.3 is 15.2 Å². The van der Waals surface area contributed by atoms with E-state index in [2.05, 4.69) is 10.4 Å². The molecule has 1 heterocycles. The van der Waals surface area contributed by atoms with Gasteiger partial charge in [-0.2, -0.15) is 5.10 Å². The minimum Gasteiger partial charge on any atom is -0.480 e. The van der Waals surface area contributed by atoms with Gasteiger partial charge in [-0.1, -0.05) is 0 Å². The largest absolute Gasteiger partial charge is 0.480 e. The Hall–Kier alpha value is -1.89. The van der Waals surface area contributed by atoms with Gasteiger partial charge in [0.05, 0.1) is 0 Å². The third-order valence-electron chi connectivity index (χ3n) is 2.21. The second kappa shape index (κ2) is 7.44. The molecule has 2 N–H and O–H groups in total. The van der Waals surface area contributed by atoms with Gasteiger partial charge in [0.2, 0.25) is 5.91 Å². The molecule has 0 bridgehead atoms. The van der Waals surface area contributed by atoms with Gasteiger partial charge in [-0.25, -0.2) is 0 Å². The van der Waals surface area contributed by atoms with Crippen LogP contribution in [0.1, 0.15) is 19.3 Å². The predicted octanol–water partition coefficient (Wildman–Crippen LogP) is 0.723. The molecule has 100 valence electrons. The molecule has 7 nitrogen and oxygen atoms in total. The van der Waals surface area contributed by atoms with Crippen molar-refractivity contribution in [2.75, 3.05) is 19.0 Å². The number of aliphatic carboxylic acids is 1. The number of rotatable bonds is 8. The van der Waals surface area contributed by atoms with Gasteiger partial charge in [0.25, 0.3) is 0 Å². The van der Waals surface area contributed by atoms with E-state index in [-0.39, 0.29) is 12.5 Å². The highest BCUT2D eigenvalue weighted by atomic mass is 16.5. The van der Waals surface area contributed by atoms with Crippen LogP contribution in [0.3, 0.4) is 0 Å². The third kappa shape index (κ3) is 5.44. The van der Waals surface area contributed by atoms with Gasteiger partial charge in [-0.3, -0.25) is 14.3 Å². The average molecular weight is 255 g/mol. The SMILES string of the molecule is COCCCCC(=O)Nc1ccn(CC(=O)O)n1. The molecular weight excluding hydrogens is 238 g/mol. The fourth-order valence-corrected chi connectivity index (χ4v) is 1.39. The Bertz CT molecular complexity index is 403. The number of ether oxygens (including phenoxy) is 1. The highest BCUT2D eigenvalue weighted by molar-refractivity contribution is 5.89. The summed E-state index contributed by atoms with van der Waals surface area (Å²) in [7, 11) is 1.62. The van der Waals surface area contributed by atoms with Crippen LogP contribution in [0, 0.1) is 0 Å². The Balaban J connectivity index is 2.31. The maximum atomic E-state index is 11.5. The summed E-state index contributed by atoms with van der Waals surface area (Å²) < 4.78 is 6.13. The standard InChI is InChI=1S/C11H17N3O4/c1-18-7-3-2-4-10(15)12-9-5-6-14(13-9)8-11(16)17/h5-6H,2-4,7-8H2,1H3,(H,16,17)(H,12,13,15). The highest BCUT2D eigenvalue weighted by Crippen LogP contribution is 2.04. The molecule has 0 radical (unpaired) electrons. The molecule has 7 heteroatoms. The van der Waals surface area contributed by atoms with Crippen molar-refractivity contribution in [2.45, 2.75) is 25.8 Å². The summed E-state index contributed by atoms with van der Waals surface area (Å²) in [6.07, 6.45) is 3.48. The number of nitrogens with one attached hydrogen (secondary N) is 1. The molecule has 1 aromatic rings. The molecule has 0 aliphatic carbocycles. The van der Waals surface area contributed by atoms with E-state index < -0.39 is 5.97 Å². The van der Waals surface area contributed by atoms with Crippen LogP contribution in [0.4, 0.5) is 5.82 Å². The van der Waals surface area contributed by atoms with Crippen molar-refractivity contribution in [1.82, 2.24) is 9.78 Å². The van der Waals surface area contributed by atoms with E-state index >= 15 is 0 Å². The number of amides is 1. The Kier molecular flexibility index (Phi) is 5.86. The molecular formula is C11H17N3O4. The van der Waals surface area contributed by atoms with Crippen LogP contribution >= 0.6 is 0 Å². The number of aromatic nitrogens is 2. The quantitative estimate of drug-likeness (QED) is 0.668. The van der Waals surface area contributed by atoms with E-state index in [1.807, 2.05) is 0 Å². The molecule has 1 aromatic heterocycles. The minimum absolute atomic E-state index is 0.133. The number of carboxylic acid groups (broad SMARTS) is 1. The average Bonchev–Trinajstić information content (AvgIpc) is 2.71. The van der Waals surface area contributed by atoms with Crippen molar-refractivity contribution in [3.8, 4) is 0 Å². The number of nitrogens with zero attached hydrogens (tertiary/aromatic N) is 2. The molecule has 0 spiro atoms. The first-order valence-corrected chi connectivity index (χ1v) is 5.66. The van der Waals surface area contributed by atoms with Gasteiger partial charge in [-0.15, -0.1) is 0 Å². The lowest BCUT2D eigenvalue weighted by molar-refractivity contribution is -0.137. The van der Waals surface area contributed by atoms with Crippen LogP contribution in [-0.4, -0.2) is 40.5 Å². The normalized spacial score (nSPS) is 10.3. The monoisotopic (exact) mass is 255 g/mol. The van der Waals surface area contributed by atoms with E-state index in [1.165, 1.54) is 10.9 Å². The van der Waals surface area contributed by atoms with E-state index in [0.717, 1.165) is 12.8 Å². The maximum absolute atomic E-state index is 11.5. The molecule has 1 rings (SSSR count). The van der Waals surface area contributed by atoms with Gasteiger partial charge in [0, 0.05) is 32.4 Å². The lowest BCUT2D eigenvalue weighted by atomic mass is 10.2. The summed E-state index contributed by atoms with van der Waals surface area (Å²) in [4.78, 5) is 21.9. The van der Waals surface area contributed by atoms with Crippen LogP contribution in [0.5, 0.6) is 0 Å². The van der Waals surface area contributed by atoms with Crippen molar-refractivity contribution < 1.29 is 19.4 Å². The van der Waals surface area contributed by atoms with Crippen molar-refractivity contribution >= 4 is 17.7 Å². The highest BCUT2D eigenvalue weighted by Gasteiger charge is 2.06. The number of unbranched alkanes of at least 4 members (excludes halogenated alkanes) is 1. The van der Waals surface area contributed by atoms with E-state index in [4.69, 9.17) is 9.84 Å². The smallest absolute Gasteiger partial charge is 0.325 e. The molecule has 0 fully saturated rings. The van der Waals surface area contributed by atoms with Crippen LogP contribution < -0.4 is 5.32 Å². The first-order chi connectivity index (χ1) is 8.61. The van der Waals surface area contributed by atoms with Gasteiger partial charge in [0.15, 0.2) is 5.82 Å². The lowest BCUT2D eigenvalue weighted by Gasteiger charge is -2.01. The molecule has 0 aliphatic heterocycles. The summed E-state index contributed by atoms with van der Waals surface area (Å²) in [6, 6.07) is 1.57.